The summed E-state index contributed by atoms with van der Waals surface area (Å²) in [6.45, 7) is 1.59. The number of halogens is 3. The van der Waals surface area contributed by atoms with Crippen LogP contribution >= 0.6 is 0 Å². The van der Waals surface area contributed by atoms with E-state index in [-0.39, 0.29) is 30.6 Å². The molecule has 1 aromatic rings. The van der Waals surface area contributed by atoms with E-state index in [0.717, 1.165) is 12.8 Å². The van der Waals surface area contributed by atoms with Crippen molar-refractivity contribution in [3.05, 3.63) is 17.8 Å². The van der Waals surface area contributed by atoms with E-state index in [4.69, 9.17) is 9.15 Å². The second-order valence-corrected chi connectivity index (χ2v) is 6.12. The number of rotatable bonds is 5. The number of piperazine rings is 1. The Morgan fingerprint density at radius 3 is 2.84 bits per heavy atom. The first-order valence-electron chi connectivity index (χ1n) is 8.31. The lowest BCUT2D eigenvalue weighted by molar-refractivity contribution is -0.183. The molecule has 2 saturated heterocycles. The smallest absolute Gasteiger partial charge is 0.405 e. The normalized spacial score (nSPS) is 23.6. The number of aromatic nitrogens is 1. The zero-order chi connectivity index (χ0) is 17.9. The molecule has 2 fully saturated rings. The molecule has 0 bridgehead atoms. The topological polar surface area (TPSA) is 79.6 Å². The molecule has 0 aromatic carbocycles. The summed E-state index contributed by atoms with van der Waals surface area (Å²) in [5.41, 5.74) is -0.00636. The van der Waals surface area contributed by atoms with E-state index < -0.39 is 24.7 Å². The summed E-state index contributed by atoms with van der Waals surface area (Å²) in [4.78, 5) is 17.5. The molecule has 7 nitrogen and oxygen atoms in total. The number of hydrogen-bond donors (Lipinski definition) is 2. The second-order valence-electron chi connectivity index (χ2n) is 6.12. The molecule has 2 N–H and O–H groups in total. The number of oxazole rings is 1. The van der Waals surface area contributed by atoms with Crippen molar-refractivity contribution in [1.82, 2.24) is 20.5 Å². The van der Waals surface area contributed by atoms with Crippen LogP contribution in [0.3, 0.4) is 0 Å². The van der Waals surface area contributed by atoms with Crippen LogP contribution in [0.15, 0.2) is 10.8 Å². The van der Waals surface area contributed by atoms with Gasteiger partial charge in [-0.15, -0.1) is 0 Å². The molecule has 10 heteroatoms. The Hall–Kier alpha value is -1.65. The third-order valence-electron chi connectivity index (χ3n) is 4.46. The van der Waals surface area contributed by atoms with Gasteiger partial charge in [-0.25, -0.2) is 4.98 Å². The van der Waals surface area contributed by atoms with Crippen molar-refractivity contribution < 1.29 is 27.1 Å². The SMILES string of the molecule is O=C(NCC(N1CCNCC1)C(F)(F)F)c1ncoc1C1CCCO1. The molecular weight excluding hydrogens is 341 g/mol. The van der Waals surface area contributed by atoms with Crippen molar-refractivity contribution >= 4 is 5.91 Å². The van der Waals surface area contributed by atoms with Gasteiger partial charge < -0.3 is 19.8 Å². The highest BCUT2D eigenvalue weighted by molar-refractivity contribution is 5.93. The van der Waals surface area contributed by atoms with Crippen LogP contribution in [0.5, 0.6) is 0 Å². The first-order chi connectivity index (χ1) is 12.0. The van der Waals surface area contributed by atoms with Crippen LogP contribution in [-0.4, -0.2) is 67.3 Å². The number of nitrogens with zero attached hydrogens (tertiary/aromatic N) is 2. The van der Waals surface area contributed by atoms with Crippen molar-refractivity contribution in [2.45, 2.75) is 31.2 Å². The average Bonchev–Trinajstić information content (AvgIpc) is 3.25. The van der Waals surface area contributed by atoms with Crippen LogP contribution in [0.2, 0.25) is 0 Å². The maximum Gasteiger partial charge on any atom is 0.405 e. The van der Waals surface area contributed by atoms with Crippen LogP contribution in [0.1, 0.15) is 35.2 Å². The largest absolute Gasteiger partial charge is 0.445 e. The maximum atomic E-state index is 13.4. The van der Waals surface area contributed by atoms with Gasteiger partial charge in [-0.1, -0.05) is 0 Å². The zero-order valence-electron chi connectivity index (χ0n) is 13.6. The standard InChI is InChI=1S/C15H21F3N4O3/c16-15(17,18)11(22-5-3-19-4-6-22)8-20-14(23)12-13(25-9-21-12)10-2-1-7-24-10/h9-11,19H,1-8H2,(H,20,23). The number of carbonyl (C=O) groups is 1. The summed E-state index contributed by atoms with van der Waals surface area (Å²) in [6, 6.07) is -1.73. The fourth-order valence-corrected chi connectivity index (χ4v) is 3.16. The Morgan fingerprint density at radius 1 is 1.44 bits per heavy atom. The van der Waals surface area contributed by atoms with E-state index in [1.807, 2.05) is 0 Å². The molecular formula is C15H21F3N4O3. The monoisotopic (exact) mass is 362 g/mol. The predicted molar refractivity (Wildman–Crippen MR) is 81.0 cm³/mol. The molecule has 140 valence electrons. The molecule has 0 aliphatic carbocycles. The third-order valence-corrected chi connectivity index (χ3v) is 4.46. The minimum atomic E-state index is -4.42. The third kappa shape index (κ3) is 4.31. The van der Waals surface area contributed by atoms with E-state index in [2.05, 4.69) is 15.6 Å². The number of amides is 1. The van der Waals surface area contributed by atoms with Crippen LogP contribution in [0.4, 0.5) is 13.2 Å². The van der Waals surface area contributed by atoms with Gasteiger partial charge in [0.25, 0.3) is 5.91 Å². The van der Waals surface area contributed by atoms with Gasteiger partial charge in [0, 0.05) is 39.3 Å². The fraction of sp³-hybridized carbons (Fsp3) is 0.733. The molecule has 2 aliphatic rings. The molecule has 0 radical (unpaired) electrons. The lowest BCUT2D eigenvalue weighted by Crippen LogP contribution is -2.57. The first kappa shape index (κ1) is 18.2. The Balaban J connectivity index is 1.64. The van der Waals surface area contributed by atoms with Crippen LogP contribution in [-0.2, 0) is 4.74 Å². The summed E-state index contributed by atoms with van der Waals surface area (Å²) in [5, 5.41) is 5.37. The van der Waals surface area contributed by atoms with Gasteiger partial charge >= 0.3 is 6.18 Å². The Bertz CT molecular complexity index is 581. The molecule has 2 aliphatic heterocycles. The van der Waals surface area contributed by atoms with Crippen molar-refractivity contribution in [2.24, 2.45) is 0 Å². The molecule has 2 atom stereocenters. The minimum absolute atomic E-state index is 0.00636. The van der Waals surface area contributed by atoms with E-state index in [9.17, 15) is 18.0 Å². The lowest BCUT2D eigenvalue weighted by Gasteiger charge is -2.35. The maximum absolute atomic E-state index is 13.4. The number of nitrogens with one attached hydrogen (secondary N) is 2. The highest BCUT2D eigenvalue weighted by Crippen LogP contribution is 2.30. The van der Waals surface area contributed by atoms with E-state index in [0.29, 0.717) is 26.1 Å². The van der Waals surface area contributed by atoms with Gasteiger partial charge in [-0.2, -0.15) is 13.2 Å². The van der Waals surface area contributed by atoms with Crippen LogP contribution in [0.25, 0.3) is 0 Å². The van der Waals surface area contributed by atoms with Crippen LogP contribution in [0, 0.1) is 0 Å². The number of ether oxygens (including phenoxy) is 1. The van der Waals surface area contributed by atoms with Gasteiger partial charge in [0.15, 0.2) is 17.8 Å². The summed E-state index contributed by atoms with van der Waals surface area (Å²) in [6.07, 6.45) is -2.14. The molecule has 2 unspecified atom stereocenters. The Kier molecular flexibility index (Phi) is 5.60. The summed E-state index contributed by atoms with van der Waals surface area (Å²) in [5.74, 6) is -0.399. The van der Waals surface area contributed by atoms with E-state index >= 15 is 0 Å². The Labute approximate surface area is 142 Å². The first-order valence-corrected chi connectivity index (χ1v) is 8.31. The minimum Gasteiger partial charge on any atom is -0.445 e. The highest BCUT2D eigenvalue weighted by Gasteiger charge is 2.44. The highest BCUT2D eigenvalue weighted by atomic mass is 19.4. The Morgan fingerprint density at radius 2 is 2.20 bits per heavy atom. The molecule has 1 aromatic heterocycles. The molecule has 1 amide bonds. The summed E-state index contributed by atoms with van der Waals surface area (Å²) >= 11 is 0. The van der Waals surface area contributed by atoms with Crippen molar-refractivity contribution in [3.63, 3.8) is 0 Å². The second kappa shape index (κ2) is 7.71. The molecule has 3 heterocycles. The molecule has 25 heavy (non-hydrogen) atoms. The van der Waals surface area contributed by atoms with Crippen molar-refractivity contribution in [2.75, 3.05) is 39.3 Å². The van der Waals surface area contributed by atoms with Gasteiger partial charge in [-0.05, 0) is 12.8 Å². The van der Waals surface area contributed by atoms with Gasteiger partial charge in [-0.3, -0.25) is 9.69 Å². The number of carbonyl (C=O) groups excluding carboxylic acids is 1. The van der Waals surface area contributed by atoms with Crippen molar-refractivity contribution in [3.8, 4) is 0 Å². The van der Waals surface area contributed by atoms with Crippen LogP contribution < -0.4 is 10.6 Å². The zero-order valence-corrected chi connectivity index (χ0v) is 13.6. The number of hydrogen-bond acceptors (Lipinski definition) is 6. The molecule has 0 spiro atoms. The fourth-order valence-electron chi connectivity index (χ4n) is 3.16. The van der Waals surface area contributed by atoms with Gasteiger partial charge in [0.05, 0.1) is 0 Å². The van der Waals surface area contributed by atoms with E-state index in [1.54, 1.807) is 0 Å². The summed E-state index contributed by atoms with van der Waals surface area (Å²) in [7, 11) is 0. The average molecular weight is 362 g/mol. The number of alkyl halides is 3. The molecule has 3 rings (SSSR count). The quantitative estimate of drug-likeness (QED) is 0.816. The van der Waals surface area contributed by atoms with Gasteiger partial charge in [0.2, 0.25) is 0 Å². The molecule has 0 saturated carbocycles. The van der Waals surface area contributed by atoms with E-state index in [1.165, 1.54) is 4.90 Å². The lowest BCUT2D eigenvalue weighted by atomic mass is 10.1. The summed E-state index contributed by atoms with van der Waals surface area (Å²) < 4.78 is 50.7. The van der Waals surface area contributed by atoms with Gasteiger partial charge in [0.1, 0.15) is 12.1 Å². The van der Waals surface area contributed by atoms with Crippen molar-refractivity contribution in [1.29, 1.82) is 0 Å². The predicted octanol–water partition coefficient (Wildman–Crippen LogP) is 1.09.